The van der Waals surface area contributed by atoms with Gasteiger partial charge in [-0.05, 0) is 46.1 Å². The van der Waals surface area contributed by atoms with E-state index in [-0.39, 0.29) is 0 Å². The third-order valence-corrected chi connectivity index (χ3v) is 2.19. The molecule has 0 saturated carbocycles. The van der Waals surface area contributed by atoms with Crippen molar-refractivity contribution in [1.29, 1.82) is 0 Å². The maximum Gasteiger partial charge on any atom is 0.126 e. The average molecular weight is 208 g/mol. The monoisotopic (exact) mass is 208 g/mol. The van der Waals surface area contributed by atoms with Gasteiger partial charge in [0, 0.05) is 6.04 Å². The SMILES string of the molecule is CC(CCN(C)C)Nc1ccc(N)cn1. The molecule has 0 aliphatic carbocycles. The van der Waals surface area contributed by atoms with Crippen LogP contribution >= 0.6 is 0 Å². The molecule has 1 aromatic heterocycles. The summed E-state index contributed by atoms with van der Waals surface area (Å²) >= 11 is 0. The minimum absolute atomic E-state index is 0.420. The number of hydrogen-bond acceptors (Lipinski definition) is 4. The zero-order valence-electron chi connectivity index (χ0n) is 9.70. The van der Waals surface area contributed by atoms with E-state index in [1.165, 1.54) is 0 Å². The summed E-state index contributed by atoms with van der Waals surface area (Å²) in [4.78, 5) is 6.37. The molecule has 1 aromatic rings. The molecule has 0 aliphatic rings. The minimum Gasteiger partial charge on any atom is -0.397 e. The van der Waals surface area contributed by atoms with Crippen LogP contribution in [0.15, 0.2) is 18.3 Å². The predicted molar refractivity (Wildman–Crippen MR) is 64.9 cm³/mol. The van der Waals surface area contributed by atoms with Crippen molar-refractivity contribution in [1.82, 2.24) is 9.88 Å². The van der Waals surface area contributed by atoms with Gasteiger partial charge in [-0.3, -0.25) is 0 Å². The summed E-state index contributed by atoms with van der Waals surface area (Å²) in [5.74, 6) is 0.885. The molecule has 0 aromatic carbocycles. The Labute approximate surface area is 91.5 Å². The zero-order chi connectivity index (χ0) is 11.3. The Morgan fingerprint density at radius 2 is 2.20 bits per heavy atom. The molecule has 0 aliphatic heterocycles. The summed E-state index contributed by atoms with van der Waals surface area (Å²) in [6.45, 7) is 3.23. The highest BCUT2D eigenvalue weighted by Gasteiger charge is 2.02. The highest BCUT2D eigenvalue weighted by molar-refractivity contribution is 5.44. The van der Waals surface area contributed by atoms with Crippen LogP contribution in [0.25, 0.3) is 0 Å². The molecular weight excluding hydrogens is 188 g/mol. The highest BCUT2D eigenvalue weighted by atomic mass is 15.1. The van der Waals surface area contributed by atoms with Gasteiger partial charge in [0.2, 0.25) is 0 Å². The van der Waals surface area contributed by atoms with Crippen LogP contribution in [0.4, 0.5) is 11.5 Å². The molecule has 0 amide bonds. The predicted octanol–water partition coefficient (Wildman–Crippen LogP) is 1.42. The quantitative estimate of drug-likeness (QED) is 0.768. The maximum absolute atomic E-state index is 5.56. The first-order valence-electron chi connectivity index (χ1n) is 5.20. The lowest BCUT2D eigenvalue weighted by molar-refractivity contribution is 0.390. The van der Waals surface area contributed by atoms with E-state index in [4.69, 9.17) is 5.73 Å². The van der Waals surface area contributed by atoms with E-state index in [0.29, 0.717) is 11.7 Å². The molecule has 1 unspecified atom stereocenters. The van der Waals surface area contributed by atoms with Crippen molar-refractivity contribution in [2.24, 2.45) is 0 Å². The number of aromatic nitrogens is 1. The van der Waals surface area contributed by atoms with Crippen LogP contribution in [0, 0.1) is 0 Å². The van der Waals surface area contributed by atoms with Crippen molar-refractivity contribution in [2.45, 2.75) is 19.4 Å². The fourth-order valence-corrected chi connectivity index (χ4v) is 1.27. The van der Waals surface area contributed by atoms with Gasteiger partial charge in [0.05, 0.1) is 11.9 Å². The van der Waals surface area contributed by atoms with Crippen molar-refractivity contribution < 1.29 is 0 Å². The number of pyridine rings is 1. The van der Waals surface area contributed by atoms with E-state index in [1.54, 1.807) is 6.20 Å². The number of anilines is 2. The molecule has 1 rings (SSSR count). The third-order valence-electron chi connectivity index (χ3n) is 2.19. The number of hydrogen-bond donors (Lipinski definition) is 2. The normalized spacial score (nSPS) is 12.8. The topological polar surface area (TPSA) is 54.2 Å². The molecule has 0 bridgehead atoms. The van der Waals surface area contributed by atoms with Crippen LogP contribution in [0.2, 0.25) is 0 Å². The zero-order valence-corrected chi connectivity index (χ0v) is 9.70. The van der Waals surface area contributed by atoms with Crippen molar-refractivity contribution in [3.63, 3.8) is 0 Å². The Morgan fingerprint density at radius 3 is 2.73 bits per heavy atom. The lowest BCUT2D eigenvalue weighted by Crippen LogP contribution is -2.23. The molecule has 0 saturated heterocycles. The molecule has 1 atom stereocenters. The van der Waals surface area contributed by atoms with E-state index in [2.05, 4.69) is 36.2 Å². The third kappa shape index (κ3) is 4.65. The van der Waals surface area contributed by atoms with E-state index < -0.39 is 0 Å². The number of nitrogens with zero attached hydrogens (tertiary/aromatic N) is 2. The molecular formula is C11H20N4. The first kappa shape index (κ1) is 11.8. The van der Waals surface area contributed by atoms with Gasteiger partial charge < -0.3 is 16.0 Å². The minimum atomic E-state index is 0.420. The fraction of sp³-hybridized carbons (Fsp3) is 0.545. The Balaban J connectivity index is 2.37. The van der Waals surface area contributed by atoms with Crippen molar-refractivity contribution in [3.05, 3.63) is 18.3 Å². The standard InChI is InChI=1S/C11H20N4/c1-9(6-7-15(2)3)14-11-5-4-10(12)8-13-11/h4-5,8-9H,6-7,12H2,1-3H3,(H,13,14). The van der Waals surface area contributed by atoms with E-state index in [1.807, 2.05) is 12.1 Å². The number of rotatable bonds is 5. The summed E-state index contributed by atoms with van der Waals surface area (Å²) in [6.07, 6.45) is 2.76. The second kappa shape index (κ2) is 5.56. The van der Waals surface area contributed by atoms with Crippen molar-refractivity contribution in [3.8, 4) is 0 Å². The lowest BCUT2D eigenvalue weighted by atomic mass is 10.2. The lowest BCUT2D eigenvalue weighted by Gasteiger charge is -2.17. The average Bonchev–Trinajstić information content (AvgIpc) is 2.19. The van der Waals surface area contributed by atoms with E-state index >= 15 is 0 Å². The van der Waals surface area contributed by atoms with E-state index in [0.717, 1.165) is 18.8 Å². The fourth-order valence-electron chi connectivity index (χ4n) is 1.27. The van der Waals surface area contributed by atoms with Crippen LogP contribution in [0.3, 0.4) is 0 Å². The van der Waals surface area contributed by atoms with Crippen LogP contribution in [-0.4, -0.2) is 36.6 Å². The molecule has 0 fully saturated rings. The Bertz CT molecular complexity index is 281. The molecule has 1 heterocycles. The molecule has 0 spiro atoms. The van der Waals surface area contributed by atoms with Gasteiger partial charge >= 0.3 is 0 Å². The Morgan fingerprint density at radius 1 is 1.47 bits per heavy atom. The van der Waals surface area contributed by atoms with Gasteiger partial charge in [-0.25, -0.2) is 4.98 Å². The van der Waals surface area contributed by atoms with Gasteiger partial charge in [-0.15, -0.1) is 0 Å². The number of nitrogens with two attached hydrogens (primary N) is 1. The second-order valence-electron chi connectivity index (χ2n) is 4.11. The van der Waals surface area contributed by atoms with Crippen LogP contribution in [0.1, 0.15) is 13.3 Å². The van der Waals surface area contributed by atoms with E-state index in [9.17, 15) is 0 Å². The molecule has 0 radical (unpaired) electrons. The van der Waals surface area contributed by atoms with Crippen LogP contribution in [-0.2, 0) is 0 Å². The van der Waals surface area contributed by atoms with Gasteiger partial charge in [0.15, 0.2) is 0 Å². The molecule has 4 heteroatoms. The maximum atomic E-state index is 5.56. The van der Waals surface area contributed by atoms with Gasteiger partial charge in [0.1, 0.15) is 5.82 Å². The first-order chi connectivity index (χ1) is 7.08. The van der Waals surface area contributed by atoms with Crippen molar-refractivity contribution >= 4 is 11.5 Å². The Hall–Kier alpha value is -1.29. The summed E-state index contributed by atoms with van der Waals surface area (Å²) in [5, 5.41) is 3.33. The van der Waals surface area contributed by atoms with Crippen LogP contribution in [0.5, 0.6) is 0 Å². The van der Waals surface area contributed by atoms with Gasteiger partial charge in [0.25, 0.3) is 0 Å². The summed E-state index contributed by atoms with van der Waals surface area (Å²) in [5.41, 5.74) is 6.25. The summed E-state index contributed by atoms with van der Waals surface area (Å²) in [7, 11) is 4.16. The number of nitrogen functional groups attached to an aromatic ring is 1. The highest BCUT2D eigenvalue weighted by Crippen LogP contribution is 2.08. The first-order valence-corrected chi connectivity index (χ1v) is 5.20. The van der Waals surface area contributed by atoms with Gasteiger partial charge in [-0.1, -0.05) is 0 Å². The molecule has 15 heavy (non-hydrogen) atoms. The molecule has 84 valence electrons. The largest absolute Gasteiger partial charge is 0.397 e. The molecule has 4 nitrogen and oxygen atoms in total. The van der Waals surface area contributed by atoms with Crippen LogP contribution < -0.4 is 11.1 Å². The number of nitrogens with one attached hydrogen (secondary N) is 1. The molecule has 3 N–H and O–H groups in total. The van der Waals surface area contributed by atoms with Crippen molar-refractivity contribution in [2.75, 3.05) is 31.7 Å². The summed E-state index contributed by atoms with van der Waals surface area (Å²) in [6, 6.07) is 4.18. The summed E-state index contributed by atoms with van der Waals surface area (Å²) < 4.78 is 0. The Kier molecular flexibility index (Phi) is 4.37. The smallest absolute Gasteiger partial charge is 0.126 e. The van der Waals surface area contributed by atoms with Gasteiger partial charge in [-0.2, -0.15) is 0 Å². The second-order valence-corrected chi connectivity index (χ2v) is 4.11.